The van der Waals surface area contributed by atoms with Crippen molar-refractivity contribution in [3.63, 3.8) is 0 Å². The van der Waals surface area contributed by atoms with Gasteiger partial charge in [0.2, 0.25) is 0 Å². The van der Waals surface area contributed by atoms with Crippen molar-refractivity contribution in [1.29, 1.82) is 0 Å². The minimum Gasteiger partial charge on any atom is -0.490 e. The Morgan fingerprint density at radius 1 is 1.35 bits per heavy atom. The van der Waals surface area contributed by atoms with E-state index in [2.05, 4.69) is 21.8 Å². The summed E-state index contributed by atoms with van der Waals surface area (Å²) in [5, 5.41) is 11.1. The van der Waals surface area contributed by atoms with E-state index < -0.39 is 5.60 Å². The maximum absolute atomic E-state index is 11.1. The van der Waals surface area contributed by atoms with E-state index in [-0.39, 0.29) is 13.2 Å². The molecule has 142 valence electrons. The van der Waals surface area contributed by atoms with Crippen molar-refractivity contribution in [2.45, 2.75) is 39.3 Å². The molecule has 1 fully saturated rings. The van der Waals surface area contributed by atoms with E-state index in [1.54, 1.807) is 0 Å². The van der Waals surface area contributed by atoms with Crippen LogP contribution in [0.3, 0.4) is 0 Å². The van der Waals surface area contributed by atoms with E-state index in [1.165, 1.54) is 0 Å². The van der Waals surface area contributed by atoms with Gasteiger partial charge in [-0.1, -0.05) is 25.1 Å². The van der Waals surface area contributed by atoms with Crippen LogP contribution in [0.2, 0.25) is 0 Å². The van der Waals surface area contributed by atoms with E-state index >= 15 is 0 Å². The maximum Gasteiger partial charge on any atom is 0.134 e. The third-order valence-electron chi connectivity index (χ3n) is 4.77. The Morgan fingerprint density at radius 2 is 2.15 bits per heavy atom. The van der Waals surface area contributed by atoms with Crippen LogP contribution in [0.4, 0.5) is 0 Å². The molecule has 2 aromatic rings. The van der Waals surface area contributed by atoms with Crippen LogP contribution in [0.1, 0.15) is 29.7 Å². The van der Waals surface area contributed by atoms with E-state index in [0.29, 0.717) is 19.7 Å². The molecule has 0 aliphatic carbocycles. The monoisotopic (exact) mass is 359 g/mol. The van der Waals surface area contributed by atoms with Gasteiger partial charge in [0.15, 0.2) is 0 Å². The predicted molar refractivity (Wildman–Crippen MR) is 100 cm³/mol. The summed E-state index contributed by atoms with van der Waals surface area (Å²) in [6, 6.07) is 7.84. The molecule has 2 N–H and O–H groups in total. The zero-order chi connectivity index (χ0) is 18.6. The fourth-order valence-corrected chi connectivity index (χ4v) is 3.25. The minimum absolute atomic E-state index is 0.202. The van der Waals surface area contributed by atoms with Crippen LogP contribution >= 0.6 is 0 Å². The number of hydrogen-bond donors (Lipinski definition) is 2. The largest absolute Gasteiger partial charge is 0.490 e. The van der Waals surface area contributed by atoms with E-state index in [9.17, 15) is 5.11 Å². The highest BCUT2D eigenvalue weighted by atomic mass is 16.5. The fourth-order valence-electron chi connectivity index (χ4n) is 3.25. The molecule has 6 heteroatoms. The van der Waals surface area contributed by atoms with Gasteiger partial charge >= 0.3 is 0 Å². The number of hydrogen-bond acceptors (Lipinski definition) is 5. The van der Waals surface area contributed by atoms with Crippen LogP contribution in [0.5, 0.6) is 5.75 Å². The van der Waals surface area contributed by atoms with Crippen LogP contribution < -0.4 is 4.74 Å². The van der Waals surface area contributed by atoms with Gasteiger partial charge in [0, 0.05) is 31.7 Å². The number of β-amino-alcohol motifs (C(OH)–C–C–N with tert-alkyl or cyclic N) is 1. The molecule has 1 aliphatic rings. The van der Waals surface area contributed by atoms with Crippen molar-refractivity contribution in [1.82, 2.24) is 14.9 Å². The molecule has 0 bridgehead atoms. The first-order valence-corrected chi connectivity index (χ1v) is 9.24. The van der Waals surface area contributed by atoms with Crippen LogP contribution in [-0.2, 0) is 17.7 Å². The Bertz CT molecular complexity index is 731. The third kappa shape index (κ3) is 4.63. The number of H-pyrrole nitrogens is 1. The molecule has 0 saturated carbocycles. The summed E-state index contributed by atoms with van der Waals surface area (Å²) in [4.78, 5) is 10.2. The summed E-state index contributed by atoms with van der Waals surface area (Å²) in [6.07, 6.45) is 0.887. The van der Waals surface area contributed by atoms with Crippen molar-refractivity contribution < 1.29 is 14.6 Å². The second-order valence-corrected chi connectivity index (χ2v) is 7.15. The number of ether oxygens (including phenoxy) is 2. The first-order chi connectivity index (χ1) is 12.5. The highest BCUT2D eigenvalue weighted by molar-refractivity contribution is 5.31. The quantitative estimate of drug-likeness (QED) is 0.828. The number of nitrogens with zero attached hydrogens (tertiary/aromatic N) is 2. The highest BCUT2D eigenvalue weighted by Crippen LogP contribution is 2.21. The zero-order valence-corrected chi connectivity index (χ0v) is 15.9. The third-order valence-corrected chi connectivity index (χ3v) is 4.77. The predicted octanol–water partition coefficient (Wildman–Crippen LogP) is 2.23. The van der Waals surface area contributed by atoms with Crippen molar-refractivity contribution in [2.24, 2.45) is 0 Å². The lowest BCUT2D eigenvalue weighted by Gasteiger charge is -2.30. The number of aromatic nitrogens is 2. The van der Waals surface area contributed by atoms with Crippen molar-refractivity contribution in [3.8, 4) is 5.75 Å². The van der Waals surface area contributed by atoms with E-state index in [4.69, 9.17) is 9.47 Å². The Balaban J connectivity index is 1.65. The van der Waals surface area contributed by atoms with Gasteiger partial charge in [-0.05, 0) is 25.5 Å². The number of aromatic amines is 1. The number of aryl methyl sites for hydroxylation is 3. The van der Waals surface area contributed by atoms with Gasteiger partial charge in [0.05, 0.1) is 18.9 Å². The first kappa shape index (κ1) is 18.9. The molecule has 0 amide bonds. The molecule has 1 atom stereocenters. The van der Waals surface area contributed by atoms with Crippen molar-refractivity contribution in [3.05, 3.63) is 47.0 Å². The number of nitrogens with one attached hydrogen (secondary N) is 1. The number of para-hydroxylation sites is 1. The standard InChI is InChI=1S/C20H29N3O3/c1-4-19-21-16(3)17(22-19)11-23-9-10-25-13-20(24,12-23)14-26-18-8-6-5-7-15(18)2/h5-8,24H,4,9-14H2,1-3H3,(H,21,22)/t20-/m0/s1. The molecule has 2 heterocycles. The highest BCUT2D eigenvalue weighted by Gasteiger charge is 2.34. The Kier molecular flexibility index (Phi) is 5.96. The Labute approximate surface area is 155 Å². The lowest BCUT2D eigenvalue weighted by atomic mass is 10.1. The number of imidazole rings is 1. The average Bonchev–Trinajstić information content (AvgIpc) is 2.86. The van der Waals surface area contributed by atoms with Crippen LogP contribution in [-0.4, -0.2) is 58.5 Å². The smallest absolute Gasteiger partial charge is 0.134 e. The number of rotatable bonds is 6. The summed E-state index contributed by atoms with van der Waals surface area (Å²) >= 11 is 0. The second kappa shape index (κ2) is 8.20. The molecule has 0 unspecified atom stereocenters. The summed E-state index contributed by atoms with van der Waals surface area (Å²) < 4.78 is 11.6. The molecule has 0 radical (unpaired) electrons. The average molecular weight is 359 g/mol. The number of aliphatic hydroxyl groups is 1. The van der Waals surface area contributed by atoms with Crippen molar-refractivity contribution in [2.75, 3.05) is 32.9 Å². The van der Waals surface area contributed by atoms with Gasteiger partial charge < -0.3 is 19.6 Å². The molecule has 1 aromatic carbocycles. The normalized spacial score (nSPS) is 21.5. The zero-order valence-electron chi connectivity index (χ0n) is 15.9. The van der Waals surface area contributed by atoms with Gasteiger partial charge in [-0.2, -0.15) is 0 Å². The fraction of sp³-hybridized carbons (Fsp3) is 0.550. The lowest BCUT2D eigenvalue weighted by molar-refractivity contribution is -0.0648. The molecule has 1 aromatic heterocycles. The van der Waals surface area contributed by atoms with Gasteiger partial charge in [-0.25, -0.2) is 4.98 Å². The van der Waals surface area contributed by atoms with Crippen LogP contribution in [0.15, 0.2) is 24.3 Å². The summed E-state index contributed by atoms with van der Waals surface area (Å²) in [7, 11) is 0. The SMILES string of the molecule is CCc1nc(CN2CCOC[C@](O)(COc3ccccc3C)C2)c(C)[nH]1. The minimum atomic E-state index is -1.05. The molecule has 0 spiro atoms. The number of benzene rings is 1. The molecular weight excluding hydrogens is 330 g/mol. The summed E-state index contributed by atoms with van der Waals surface area (Å²) in [5.74, 6) is 1.80. The molecule has 1 saturated heterocycles. The topological polar surface area (TPSA) is 70.6 Å². The summed E-state index contributed by atoms with van der Waals surface area (Å²) in [5.41, 5.74) is 2.13. The maximum atomic E-state index is 11.1. The molecular formula is C20H29N3O3. The van der Waals surface area contributed by atoms with E-state index in [1.807, 2.05) is 38.1 Å². The van der Waals surface area contributed by atoms with Crippen LogP contribution in [0.25, 0.3) is 0 Å². The first-order valence-electron chi connectivity index (χ1n) is 9.24. The van der Waals surface area contributed by atoms with Gasteiger partial charge in [-0.3, -0.25) is 4.90 Å². The van der Waals surface area contributed by atoms with E-state index in [0.717, 1.165) is 41.5 Å². The molecule has 26 heavy (non-hydrogen) atoms. The van der Waals surface area contributed by atoms with Gasteiger partial charge in [0.1, 0.15) is 23.8 Å². The lowest BCUT2D eigenvalue weighted by Crippen LogP contribution is -2.48. The second-order valence-electron chi connectivity index (χ2n) is 7.15. The molecule has 1 aliphatic heterocycles. The Hall–Kier alpha value is -1.89. The van der Waals surface area contributed by atoms with Crippen LogP contribution in [0, 0.1) is 13.8 Å². The van der Waals surface area contributed by atoms with Crippen molar-refractivity contribution >= 4 is 0 Å². The molecule has 3 rings (SSSR count). The Morgan fingerprint density at radius 3 is 2.88 bits per heavy atom. The van der Waals surface area contributed by atoms with Gasteiger partial charge in [-0.15, -0.1) is 0 Å². The van der Waals surface area contributed by atoms with Gasteiger partial charge in [0.25, 0.3) is 0 Å². The molecule has 6 nitrogen and oxygen atoms in total. The summed E-state index contributed by atoms with van der Waals surface area (Å²) in [6.45, 7) is 9.15.